The van der Waals surface area contributed by atoms with Gasteiger partial charge >= 0.3 is 0 Å². The molecule has 2 aliphatic rings. The summed E-state index contributed by atoms with van der Waals surface area (Å²) in [7, 11) is 0. The predicted octanol–water partition coefficient (Wildman–Crippen LogP) is 2.36. The summed E-state index contributed by atoms with van der Waals surface area (Å²) in [5.74, 6) is 1.26. The molecule has 18 heavy (non-hydrogen) atoms. The molecule has 3 heteroatoms. The van der Waals surface area contributed by atoms with E-state index in [9.17, 15) is 0 Å². The number of hydrogen-bond acceptors (Lipinski definition) is 2. The number of rotatable bonds is 2. The molecule has 1 aliphatic heterocycles. The van der Waals surface area contributed by atoms with Gasteiger partial charge in [-0.3, -0.25) is 0 Å². The van der Waals surface area contributed by atoms with Gasteiger partial charge in [0.15, 0.2) is 0 Å². The lowest BCUT2D eigenvalue weighted by Crippen LogP contribution is -2.41. The van der Waals surface area contributed by atoms with Crippen LogP contribution in [0.15, 0.2) is 18.2 Å². The van der Waals surface area contributed by atoms with Crippen molar-refractivity contribution in [2.24, 2.45) is 5.73 Å². The number of fused-ring (bicyclic) bond motifs is 3. The predicted molar refractivity (Wildman–Crippen MR) is 72.6 cm³/mol. The van der Waals surface area contributed by atoms with Crippen LogP contribution in [0.25, 0.3) is 11.0 Å². The SMILES string of the molecule is NCC1(c2ccc3nc4n(c3c2)CCC4)CCC1. The van der Waals surface area contributed by atoms with Crippen LogP contribution >= 0.6 is 0 Å². The molecule has 1 aliphatic carbocycles. The summed E-state index contributed by atoms with van der Waals surface area (Å²) in [5.41, 5.74) is 10.2. The molecule has 2 aromatic rings. The second-order valence-corrected chi connectivity index (χ2v) is 5.82. The minimum Gasteiger partial charge on any atom is -0.330 e. The monoisotopic (exact) mass is 241 g/mol. The molecule has 1 fully saturated rings. The highest BCUT2D eigenvalue weighted by atomic mass is 15.1. The summed E-state index contributed by atoms with van der Waals surface area (Å²) in [6.07, 6.45) is 6.18. The van der Waals surface area contributed by atoms with Crippen molar-refractivity contribution in [2.75, 3.05) is 6.54 Å². The van der Waals surface area contributed by atoms with Crippen molar-refractivity contribution in [3.8, 4) is 0 Å². The third kappa shape index (κ3) is 1.25. The third-order valence-corrected chi connectivity index (χ3v) is 4.92. The zero-order chi connectivity index (χ0) is 12.2. The number of hydrogen-bond donors (Lipinski definition) is 1. The van der Waals surface area contributed by atoms with Gasteiger partial charge in [-0.1, -0.05) is 12.5 Å². The average molecular weight is 241 g/mol. The van der Waals surface area contributed by atoms with Crippen molar-refractivity contribution in [1.82, 2.24) is 9.55 Å². The van der Waals surface area contributed by atoms with Crippen LogP contribution in [0, 0.1) is 0 Å². The first-order valence-corrected chi connectivity index (χ1v) is 7.02. The van der Waals surface area contributed by atoms with E-state index in [4.69, 9.17) is 10.7 Å². The summed E-state index contributed by atoms with van der Waals surface area (Å²) >= 11 is 0. The number of nitrogens with two attached hydrogens (primary N) is 1. The fourth-order valence-corrected chi connectivity index (χ4v) is 3.55. The van der Waals surface area contributed by atoms with Gasteiger partial charge in [0.2, 0.25) is 0 Å². The smallest absolute Gasteiger partial charge is 0.109 e. The van der Waals surface area contributed by atoms with Gasteiger partial charge in [0.1, 0.15) is 5.82 Å². The van der Waals surface area contributed by atoms with Crippen molar-refractivity contribution in [1.29, 1.82) is 0 Å². The van der Waals surface area contributed by atoms with E-state index in [-0.39, 0.29) is 5.41 Å². The van der Waals surface area contributed by atoms with Gasteiger partial charge in [-0.05, 0) is 37.0 Å². The maximum absolute atomic E-state index is 6.01. The van der Waals surface area contributed by atoms with Crippen molar-refractivity contribution in [3.05, 3.63) is 29.6 Å². The Kier molecular flexibility index (Phi) is 2.10. The quantitative estimate of drug-likeness (QED) is 0.877. The van der Waals surface area contributed by atoms with Crippen LogP contribution < -0.4 is 5.73 Å². The number of nitrogens with zero attached hydrogens (tertiary/aromatic N) is 2. The lowest BCUT2D eigenvalue weighted by molar-refractivity contribution is 0.253. The second kappa shape index (κ2) is 3.58. The number of aryl methyl sites for hydroxylation is 2. The van der Waals surface area contributed by atoms with E-state index in [2.05, 4.69) is 22.8 Å². The molecule has 2 heterocycles. The maximum Gasteiger partial charge on any atom is 0.109 e. The summed E-state index contributed by atoms with van der Waals surface area (Å²) in [4.78, 5) is 4.72. The molecule has 2 N–H and O–H groups in total. The number of benzene rings is 1. The van der Waals surface area contributed by atoms with E-state index in [1.54, 1.807) is 0 Å². The molecule has 1 aromatic heterocycles. The molecule has 94 valence electrons. The standard InChI is InChI=1S/C15H19N3/c16-10-15(6-2-7-15)11-4-5-12-13(9-11)18-8-1-3-14(18)17-12/h4-5,9H,1-3,6-8,10,16H2. The molecule has 0 radical (unpaired) electrons. The van der Waals surface area contributed by atoms with Crippen LogP contribution in [0.3, 0.4) is 0 Å². The van der Waals surface area contributed by atoms with Crippen LogP contribution in [0.4, 0.5) is 0 Å². The molecule has 0 bridgehead atoms. The lowest BCUT2D eigenvalue weighted by atomic mass is 9.64. The Morgan fingerprint density at radius 1 is 1.28 bits per heavy atom. The maximum atomic E-state index is 6.01. The molecule has 3 nitrogen and oxygen atoms in total. The van der Waals surface area contributed by atoms with Crippen LogP contribution in [-0.2, 0) is 18.4 Å². The van der Waals surface area contributed by atoms with Crippen molar-refractivity contribution in [2.45, 2.75) is 44.1 Å². The van der Waals surface area contributed by atoms with Crippen LogP contribution in [-0.4, -0.2) is 16.1 Å². The highest BCUT2D eigenvalue weighted by Gasteiger charge is 2.37. The lowest BCUT2D eigenvalue weighted by Gasteiger charge is -2.41. The Morgan fingerprint density at radius 3 is 2.89 bits per heavy atom. The van der Waals surface area contributed by atoms with Gasteiger partial charge in [0, 0.05) is 24.9 Å². The average Bonchev–Trinajstić information content (AvgIpc) is 2.88. The molecule has 1 saturated carbocycles. The van der Waals surface area contributed by atoms with E-state index in [1.165, 1.54) is 42.6 Å². The van der Waals surface area contributed by atoms with Crippen molar-refractivity contribution in [3.63, 3.8) is 0 Å². The van der Waals surface area contributed by atoms with E-state index in [0.717, 1.165) is 25.0 Å². The highest BCUT2D eigenvalue weighted by molar-refractivity contribution is 5.77. The Balaban J connectivity index is 1.88. The largest absolute Gasteiger partial charge is 0.330 e. The molecule has 0 amide bonds. The zero-order valence-electron chi connectivity index (χ0n) is 10.7. The zero-order valence-corrected chi connectivity index (χ0v) is 10.7. The fourth-order valence-electron chi connectivity index (χ4n) is 3.55. The fraction of sp³-hybridized carbons (Fsp3) is 0.533. The first kappa shape index (κ1) is 10.6. The topological polar surface area (TPSA) is 43.8 Å². The van der Waals surface area contributed by atoms with Gasteiger partial charge in [0.05, 0.1) is 11.0 Å². The highest BCUT2D eigenvalue weighted by Crippen LogP contribution is 2.43. The molecular weight excluding hydrogens is 222 g/mol. The van der Waals surface area contributed by atoms with Gasteiger partial charge in [0.25, 0.3) is 0 Å². The molecule has 0 spiro atoms. The Hall–Kier alpha value is -1.35. The van der Waals surface area contributed by atoms with Gasteiger partial charge in [-0.15, -0.1) is 0 Å². The summed E-state index contributed by atoms with van der Waals surface area (Å²) in [5, 5.41) is 0. The van der Waals surface area contributed by atoms with E-state index in [0.29, 0.717) is 0 Å². The minimum absolute atomic E-state index is 0.261. The van der Waals surface area contributed by atoms with Crippen LogP contribution in [0.5, 0.6) is 0 Å². The summed E-state index contributed by atoms with van der Waals surface area (Å²) in [6.45, 7) is 1.91. The summed E-state index contributed by atoms with van der Waals surface area (Å²) in [6, 6.07) is 6.78. The minimum atomic E-state index is 0.261. The van der Waals surface area contributed by atoms with Crippen molar-refractivity contribution < 1.29 is 0 Å². The van der Waals surface area contributed by atoms with Gasteiger partial charge in [-0.2, -0.15) is 0 Å². The molecule has 1 aromatic carbocycles. The van der Waals surface area contributed by atoms with E-state index < -0.39 is 0 Å². The van der Waals surface area contributed by atoms with E-state index >= 15 is 0 Å². The van der Waals surface area contributed by atoms with Crippen LogP contribution in [0.2, 0.25) is 0 Å². The Bertz CT molecular complexity index is 602. The summed E-state index contributed by atoms with van der Waals surface area (Å²) < 4.78 is 2.39. The van der Waals surface area contributed by atoms with Gasteiger partial charge in [-0.25, -0.2) is 4.98 Å². The van der Waals surface area contributed by atoms with Crippen molar-refractivity contribution >= 4 is 11.0 Å². The Morgan fingerprint density at radius 2 is 2.17 bits per heavy atom. The van der Waals surface area contributed by atoms with E-state index in [1.807, 2.05) is 0 Å². The molecule has 0 unspecified atom stereocenters. The first-order valence-electron chi connectivity index (χ1n) is 7.02. The number of aromatic nitrogens is 2. The van der Waals surface area contributed by atoms with Gasteiger partial charge < -0.3 is 10.3 Å². The molecule has 4 rings (SSSR count). The first-order chi connectivity index (χ1) is 8.82. The molecular formula is C15H19N3. The van der Waals surface area contributed by atoms with Crippen LogP contribution in [0.1, 0.15) is 37.1 Å². The molecule has 0 atom stereocenters. The normalized spacial score (nSPS) is 20.9. The second-order valence-electron chi connectivity index (χ2n) is 5.82. The Labute approximate surface area is 107 Å². The molecule has 0 saturated heterocycles. The number of imidazole rings is 1. The third-order valence-electron chi connectivity index (χ3n) is 4.92.